The lowest BCUT2D eigenvalue weighted by atomic mass is 10.0. The van der Waals surface area contributed by atoms with E-state index in [9.17, 15) is 10.2 Å². The minimum Gasteiger partial charge on any atom is -0.392 e. The summed E-state index contributed by atoms with van der Waals surface area (Å²) in [4.78, 5) is 4.44. The topological polar surface area (TPSA) is 51.9 Å². The Bertz CT molecular complexity index is 2710. The molecule has 0 aliphatic carbocycles. The monoisotopic (exact) mass is 687 g/mol. The van der Waals surface area contributed by atoms with Crippen molar-refractivity contribution in [1.29, 1.82) is 0 Å². The van der Waals surface area contributed by atoms with Crippen LogP contribution in [-0.2, 0) is 13.2 Å². The van der Waals surface area contributed by atoms with Crippen LogP contribution in [0.5, 0.6) is 0 Å². The molecular weight excluding hydrogens is 651 g/mol. The van der Waals surface area contributed by atoms with Crippen LogP contribution in [0, 0.1) is 0 Å². The molecule has 0 bridgehead atoms. The molecule has 5 heteroatoms. The largest absolute Gasteiger partial charge is 0.392 e. The number of hydrogen-bond donors (Lipinski definition) is 2. The molecule has 0 radical (unpaired) electrons. The Morgan fingerprint density at radius 1 is 0.377 bits per heavy atom. The maximum Gasteiger partial charge on any atom is 0.0702 e. The van der Waals surface area contributed by atoms with Gasteiger partial charge in [0, 0.05) is 50.3 Å². The van der Waals surface area contributed by atoms with Crippen LogP contribution in [0.4, 0.5) is 34.1 Å². The van der Waals surface area contributed by atoms with E-state index in [2.05, 4.69) is 130 Å². The predicted octanol–water partition coefficient (Wildman–Crippen LogP) is 11.9. The van der Waals surface area contributed by atoms with Crippen LogP contribution >= 0.6 is 0 Å². The van der Waals surface area contributed by atoms with Crippen molar-refractivity contribution in [2.75, 3.05) is 9.80 Å². The summed E-state index contributed by atoms with van der Waals surface area (Å²) in [6, 6.07) is 65.1. The van der Waals surface area contributed by atoms with Gasteiger partial charge in [-0.2, -0.15) is 0 Å². The van der Waals surface area contributed by atoms with Gasteiger partial charge >= 0.3 is 0 Å². The maximum absolute atomic E-state index is 10.4. The summed E-state index contributed by atoms with van der Waals surface area (Å²) in [6.45, 7) is -0.117. The third-order valence-corrected chi connectivity index (χ3v) is 10.1. The molecule has 0 spiro atoms. The average molecular weight is 688 g/mol. The van der Waals surface area contributed by atoms with Crippen LogP contribution in [-0.4, -0.2) is 14.8 Å². The zero-order valence-corrected chi connectivity index (χ0v) is 29.0. The predicted molar refractivity (Wildman–Crippen MR) is 219 cm³/mol. The summed E-state index contributed by atoms with van der Waals surface area (Å²) < 4.78 is 2.36. The summed E-state index contributed by atoms with van der Waals surface area (Å²) in [7, 11) is 0. The molecule has 0 fully saturated rings. The molecule has 0 atom stereocenters. The van der Waals surface area contributed by atoms with Gasteiger partial charge in [-0.15, -0.1) is 0 Å². The van der Waals surface area contributed by atoms with Gasteiger partial charge < -0.3 is 24.6 Å². The van der Waals surface area contributed by atoms with Crippen LogP contribution < -0.4 is 9.80 Å². The smallest absolute Gasteiger partial charge is 0.0702 e. The molecule has 1 heterocycles. The number of benzene rings is 8. The van der Waals surface area contributed by atoms with Crippen molar-refractivity contribution in [3.63, 3.8) is 0 Å². The number of hydrogen-bond acceptors (Lipinski definition) is 4. The minimum atomic E-state index is -0.0616. The molecule has 0 amide bonds. The molecule has 0 unspecified atom stereocenters. The lowest BCUT2D eigenvalue weighted by Crippen LogP contribution is -2.12. The van der Waals surface area contributed by atoms with Crippen LogP contribution in [0.15, 0.2) is 188 Å². The lowest BCUT2D eigenvalue weighted by molar-refractivity contribution is 0.282. The number of rotatable bonds is 9. The molecule has 0 saturated heterocycles. The Morgan fingerprint density at radius 2 is 0.868 bits per heavy atom. The Hall–Kier alpha value is -6.66. The molecule has 0 aliphatic rings. The van der Waals surface area contributed by atoms with E-state index >= 15 is 0 Å². The lowest BCUT2D eigenvalue weighted by Gasteiger charge is -2.27. The first kappa shape index (κ1) is 32.3. The van der Waals surface area contributed by atoms with Crippen LogP contribution in [0.3, 0.4) is 0 Å². The van der Waals surface area contributed by atoms with Crippen molar-refractivity contribution < 1.29 is 10.2 Å². The highest BCUT2D eigenvalue weighted by atomic mass is 16.3. The van der Waals surface area contributed by atoms with Crippen molar-refractivity contribution in [2.24, 2.45) is 0 Å². The van der Waals surface area contributed by atoms with E-state index < -0.39 is 0 Å². The molecule has 5 nitrogen and oxygen atoms in total. The van der Waals surface area contributed by atoms with E-state index in [0.29, 0.717) is 0 Å². The first-order valence-corrected chi connectivity index (χ1v) is 17.9. The molecule has 8 aromatic carbocycles. The number of aliphatic hydroxyl groups is 2. The van der Waals surface area contributed by atoms with Gasteiger partial charge in [-0.05, 0) is 95.7 Å². The number of aliphatic hydroxyl groups excluding tert-OH is 2. The average Bonchev–Trinajstić information content (AvgIpc) is 3.54. The van der Waals surface area contributed by atoms with E-state index in [1.807, 2.05) is 72.8 Å². The van der Waals surface area contributed by atoms with Crippen LogP contribution in [0.2, 0.25) is 0 Å². The summed E-state index contributed by atoms with van der Waals surface area (Å²) in [6.07, 6.45) is 0. The number of nitrogens with zero attached hydrogens (tertiary/aromatic N) is 3. The highest BCUT2D eigenvalue weighted by molar-refractivity contribution is 6.14. The van der Waals surface area contributed by atoms with Gasteiger partial charge in [0.2, 0.25) is 0 Å². The van der Waals surface area contributed by atoms with Gasteiger partial charge in [-0.3, -0.25) is 0 Å². The minimum absolute atomic E-state index is 0.0554. The van der Waals surface area contributed by atoms with E-state index in [-0.39, 0.29) is 13.2 Å². The quantitative estimate of drug-likeness (QED) is 0.159. The maximum atomic E-state index is 10.4. The molecule has 0 saturated carbocycles. The molecule has 2 N–H and O–H groups in total. The van der Waals surface area contributed by atoms with Crippen molar-refractivity contribution in [3.05, 3.63) is 199 Å². The normalized spacial score (nSPS) is 11.4. The Morgan fingerprint density at radius 3 is 1.45 bits per heavy atom. The fourth-order valence-electron chi connectivity index (χ4n) is 7.60. The van der Waals surface area contributed by atoms with Gasteiger partial charge in [-0.25, -0.2) is 0 Å². The van der Waals surface area contributed by atoms with Gasteiger partial charge in [0.05, 0.1) is 35.6 Å². The van der Waals surface area contributed by atoms with Crippen LogP contribution in [0.25, 0.3) is 38.3 Å². The first-order chi connectivity index (χ1) is 26.2. The van der Waals surface area contributed by atoms with E-state index in [4.69, 9.17) is 0 Å². The Balaban J connectivity index is 1.28. The molecule has 9 rings (SSSR count). The van der Waals surface area contributed by atoms with Crippen molar-refractivity contribution in [1.82, 2.24) is 4.57 Å². The molecular formula is C48H37N3O2. The number of para-hydroxylation sites is 5. The third kappa shape index (κ3) is 5.78. The first-order valence-electron chi connectivity index (χ1n) is 17.9. The highest BCUT2D eigenvalue weighted by Crippen LogP contribution is 2.43. The zero-order chi connectivity index (χ0) is 35.7. The third-order valence-electron chi connectivity index (χ3n) is 10.1. The molecule has 9 aromatic rings. The fourth-order valence-corrected chi connectivity index (χ4v) is 7.60. The number of fused-ring (bicyclic) bond motifs is 4. The number of anilines is 6. The second-order valence-corrected chi connectivity index (χ2v) is 13.2. The molecule has 0 aliphatic heterocycles. The van der Waals surface area contributed by atoms with Gasteiger partial charge in [0.15, 0.2) is 0 Å². The number of aromatic nitrogens is 1. The van der Waals surface area contributed by atoms with Crippen LogP contribution in [0.1, 0.15) is 11.1 Å². The molecule has 1 aromatic heterocycles. The molecule has 256 valence electrons. The van der Waals surface area contributed by atoms with Crippen molar-refractivity contribution in [3.8, 4) is 5.69 Å². The van der Waals surface area contributed by atoms with Gasteiger partial charge in [0.25, 0.3) is 0 Å². The van der Waals surface area contributed by atoms with Crippen molar-refractivity contribution >= 4 is 66.7 Å². The van der Waals surface area contributed by atoms with Gasteiger partial charge in [0.1, 0.15) is 0 Å². The van der Waals surface area contributed by atoms with E-state index in [0.717, 1.165) is 78.1 Å². The zero-order valence-electron chi connectivity index (χ0n) is 29.0. The summed E-state index contributed by atoms with van der Waals surface area (Å²) >= 11 is 0. The second kappa shape index (κ2) is 13.8. The molecule has 53 heavy (non-hydrogen) atoms. The van der Waals surface area contributed by atoms with E-state index in [1.54, 1.807) is 0 Å². The van der Waals surface area contributed by atoms with Crippen molar-refractivity contribution in [2.45, 2.75) is 13.2 Å². The standard InChI is InChI=1S/C48H37N3O2/c52-32-35-14-10-12-22-45(35)49(38-16-4-1-5-17-38)41-25-24-34-29-44-43-27-26-42(50(39-18-6-2-7-19-39)46-23-13-11-15-36(46)33-53)31-48(43)51(40-20-8-3-9-21-40)47(44)30-37(34)28-41/h1-31,52-53H,32-33H2. The highest BCUT2D eigenvalue weighted by Gasteiger charge is 2.21. The SMILES string of the molecule is OCc1ccccc1N(c1ccccc1)c1ccc2cc3c4ccc(N(c5ccccc5)c5ccccc5CO)cc4n(-c4ccccc4)c3cc2c1. The summed E-state index contributed by atoms with van der Waals surface area (Å²) in [5.74, 6) is 0. The van der Waals surface area contributed by atoms with Gasteiger partial charge in [-0.1, -0.05) is 103 Å². The Labute approximate surface area is 308 Å². The fraction of sp³-hybridized carbons (Fsp3) is 0.0417. The Kier molecular flexibility index (Phi) is 8.41. The summed E-state index contributed by atoms with van der Waals surface area (Å²) in [5, 5.41) is 25.3. The van der Waals surface area contributed by atoms with E-state index in [1.165, 1.54) is 5.39 Å². The second-order valence-electron chi connectivity index (χ2n) is 13.2. The summed E-state index contributed by atoms with van der Waals surface area (Å²) in [5.41, 5.74) is 10.9.